The zero-order valence-electron chi connectivity index (χ0n) is 13.1. The molecule has 1 aromatic carbocycles. The number of carbonyl (C=O) groups excluding carboxylic acids is 2. The van der Waals surface area contributed by atoms with E-state index in [1.807, 2.05) is 0 Å². The van der Waals surface area contributed by atoms with Gasteiger partial charge in [0.2, 0.25) is 0 Å². The number of rotatable bonds is 4. The minimum atomic E-state index is -0.436. The number of allylic oxidation sites excluding steroid dienone is 1. The van der Waals surface area contributed by atoms with Gasteiger partial charge in [-0.05, 0) is 43.8 Å². The Hall–Kier alpha value is -2.41. The van der Waals surface area contributed by atoms with Crippen molar-refractivity contribution in [3.05, 3.63) is 46.7 Å². The SMILES string of the molecule is CCOC(=O)C1=C(C)NC(=S)NC1c1ccc(C(=O)OC)cc1. The quantitative estimate of drug-likeness (QED) is 0.642. The van der Waals surface area contributed by atoms with E-state index in [9.17, 15) is 9.59 Å². The largest absolute Gasteiger partial charge is 0.465 e. The van der Waals surface area contributed by atoms with E-state index in [4.69, 9.17) is 17.0 Å². The lowest BCUT2D eigenvalue weighted by atomic mass is 9.95. The highest BCUT2D eigenvalue weighted by Crippen LogP contribution is 2.27. The van der Waals surface area contributed by atoms with Crippen LogP contribution in [-0.4, -0.2) is 30.8 Å². The van der Waals surface area contributed by atoms with Crippen LogP contribution in [0.3, 0.4) is 0 Å². The monoisotopic (exact) mass is 334 g/mol. The molecule has 1 aliphatic rings. The lowest BCUT2D eigenvalue weighted by Crippen LogP contribution is -2.45. The first-order chi connectivity index (χ1) is 11.0. The Morgan fingerprint density at radius 2 is 1.87 bits per heavy atom. The van der Waals surface area contributed by atoms with Gasteiger partial charge in [-0.15, -0.1) is 0 Å². The first-order valence-electron chi connectivity index (χ1n) is 7.11. The van der Waals surface area contributed by atoms with Crippen LogP contribution in [0.25, 0.3) is 0 Å². The van der Waals surface area contributed by atoms with Crippen molar-refractivity contribution in [2.24, 2.45) is 0 Å². The normalized spacial score (nSPS) is 17.2. The number of hydrogen-bond donors (Lipinski definition) is 2. The first kappa shape index (κ1) is 17.0. The Morgan fingerprint density at radius 3 is 2.43 bits per heavy atom. The molecule has 1 heterocycles. The topological polar surface area (TPSA) is 76.7 Å². The maximum Gasteiger partial charge on any atom is 0.338 e. The third-order valence-electron chi connectivity index (χ3n) is 3.43. The Bertz CT molecular complexity index is 667. The summed E-state index contributed by atoms with van der Waals surface area (Å²) in [5.74, 6) is -0.822. The summed E-state index contributed by atoms with van der Waals surface area (Å²) < 4.78 is 9.80. The highest BCUT2D eigenvalue weighted by Gasteiger charge is 2.30. The van der Waals surface area contributed by atoms with Crippen LogP contribution < -0.4 is 10.6 Å². The van der Waals surface area contributed by atoms with E-state index in [-0.39, 0.29) is 6.61 Å². The van der Waals surface area contributed by atoms with Crippen LogP contribution in [0.15, 0.2) is 35.5 Å². The number of carbonyl (C=O) groups is 2. The summed E-state index contributed by atoms with van der Waals surface area (Å²) in [5.41, 5.74) is 2.34. The van der Waals surface area contributed by atoms with Crippen molar-refractivity contribution in [1.29, 1.82) is 0 Å². The molecule has 0 fully saturated rings. The van der Waals surface area contributed by atoms with Gasteiger partial charge in [-0.1, -0.05) is 12.1 Å². The third-order valence-corrected chi connectivity index (χ3v) is 3.65. The fraction of sp³-hybridized carbons (Fsp3) is 0.312. The van der Waals surface area contributed by atoms with E-state index in [1.165, 1.54) is 7.11 Å². The Balaban J connectivity index is 2.38. The van der Waals surface area contributed by atoms with Crippen molar-refractivity contribution in [1.82, 2.24) is 10.6 Å². The van der Waals surface area contributed by atoms with Crippen molar-refractivity contribution >= 4 is 29.3 Å². The molecule has 1 atom stereocenters. The van der Waals surface area contributed by atoms with Crippen LogP contribution in [-0.2, 0) is 14.3 Å². The molecule has 122 valence electrons. The molecule has 0 saturated carbocycles. The van der Waals surface area contributed by atoms with Gasteiger partial charge in [0.05, 0.1) is 30.9 Å². The summed E-state index contributed by atoms with van der Waals surface area (Å²) in [5, 5.41) is 6.42. The van der Waals surface area contributed by atoms with Gasteiger partial charge in [-0.25, -0.2) is 9.59 Å². The van der Waals surface area contributed by atoms with E-state index >= 15 is 0 Å². The maximum absolute atomic E-state index is 12.2. The zero-order chi connectivity index (χ0) is 17.0. The molecule has 0 spiro atoms. The van der Waals surface area contributed by atoms with E-state index in [1.54, 1.807) is 38.1 Å². The molecule has 1 aromatic rings. The molecule has 1 aliphatic heterocycles. The van der Waals surface area contributed by atoms with E-state index in [0.717, 1.165) is 5.56 Å². The third kappa shape index (κ3) is 3.68. The van der Waals surface area contributed by atoms with Crippen molar-refractivity contribution < 1.29 is 19.1 Å². The molecule has 7 heteroatoms. The number of nitrogens with one attached hydrogen (secondary N) is 2. The van der Waals surface area contributed by atoms with Crippen LogP contribution in [0.5, 0.6) is 0 Å². The molecular weight excluding hydrogens is 316 g/mol. The van der Waals surface area contributed by atoms with Gasteiger partial charge >= 0.3 is 11.9 Å². The minimum Gasteiger partial charge on any atom is -0.465 e. The van der Waals surface area contributed by atoms with E-state index in [2.05, 4.69) is 15.4 Å². The van der Waals surface area contributed by atoms with Crippen molar-refractivity contribution in [3.8, 4) is 0 Å². The number of ether oxygens (including phenoxy) is 2. The standard InChI is InChI=1S/C16H18N2O4S/c1-4-22-15(20)12-9(2)17-16(23)18-13(12)10-5-7-11(8-6-10)14(19)21-3/h5-8,13H,4H2,1-3H3,(H2,17,18,23). The number of methoxy groups -OCH3 is 1. The van der Waals surface area contributed by atoms with Gasteiger partial charge in [0.15, 0.2) is 5.11 Å². The van der Waals surface area contributed by atoms with Gasteiger partial charge in [-0.3, -0.25) is 0 Å². The van der Waals surface area contributed by atoms with Gasteiger partial charge < -0.3 is 20.1 Å². The average Bonchev–Trinajstić information content (AvgIpc) is 2.53. The highest BCUT2D eigenvalue weighted by molar-refractivity contribution is 7.80. The molecular formula is C16H18N2O4S. The second kappa shape index (κ2) is 7.23. The average molecular weight is 334 g/mol. The van der Waals surface area contributed by atoms with Crippen LogP contribution in [0.2, 0.25) is 0 Å². The summed E-state index contributed by atoms with van der Waals surface area (Å²) in [4.78, 5) is 23.8. The molecule has 0 amide bonds. The van der Waals surface area contributed by atoms with Gasteiger partial charge in [0.25, 0.3) is 0 Å². The van der Waals surface area contributed by atoms with E-state index in [0.29, 0.717) is 21.9 Å². The van der Waals surface area contributed by atoms with E-state index < -0.39 is 18.0 Å². The van der Waals surface area contributed by atoms with Crippen molar-refractivity contribution in [3.63, 3.8) is 0 Å². The molecule has 0 saturated heterocycles. The van der Waals surface area contributed by atoms with Gasteiger partial charge in [-0.2, -0.15) is 0 Å². The summed E-state index contributed by atoms with van der Waals surface area (Å²) in [6, 6.07) is 6.36. The second-order valence-corrected chi connectivity index (χ2v) is 5.31. The van der Waals surface area contributed by atoms with Crippen LogP contribution >= 0.6 is 12.2 Å². The van der Waals surface area contributed by atoms with Crippen LogP contribution in [0, 0.1) is 0 Å². The van der Waals surface area contributed by atoms with Gasteiger partial charge in [0.1, 0.15) is 0 Å². The summed E-state index contributed by atoms with van der Waals surface area (Å²) >= 11 is 5.17. The fourth-order valence-corrected chi connectivity index (χ4v) is 2.62. The van der Waals surface area contributed by atoms with Crippen LogP contribution in [0.4, 0.5) is 0 Å². The highest BCUT2D eigenvalue weighted by atomic mass is 32.1. The molecule has 0 aromatic heterocycles. The summed E-state index contributed by atoms with van der Waals surface area (Å²) in [7, 11) is 1.33. The Morgan fingerprint density at radius 1 is 1.22 bits per heavy atom. The number of hydrogen-bond acceptors (Lipinski definition) is 5. The number of thiocarbonyl (C=S) groups is 1. The first-order valence-corrected chi connectivity index (χ1v) is 7.52. The molecule has 2 rings (SSSR count). The maximum atomic E-state index is 12.2. The summed E-state index contributed by atoms with van der Waals surface area (Å²) in [6.07, 6.45) is 0. The Labute approximate surface area is 139 Å². The number of benzene rings is 1. The predicted octanol–water partition coefficient (Wildman–Crippen LogP) is 1.83. The van der Waals surface area contributed by atoms with Crippen molar-refractivity contribution in [2.45, 2.75) is 19.9 Å². The molecule has 0 radical (unpaired) electrons. The zero-order valence-corrected chi connectivity index (χ0v) is 14.0. The second-order valence-electron chi connectivity index (χ2n) is 4.90. The minimum absolute atomic E-state index is 0.286. The molecule has 23 heavy (non-hydrogen) atoms. The Kier molecular flexibility index (Phi) is 5.33. The fourth-order valence-electron chi connectivity index (χ4n) is 2.35. The lowest BCUT2D eigenvalue weighted by molar-refractivity contribution is -0.139. The summed E-state index contributed by atoms with van der Waals surface area (Å²) in [6.45, 7) is 3.81. The number of esters is 2. The molecule has 0 bridgehead atoms. The molecule has 2 N–H and O–H groups in total. The molecule has 0 aliphatic carbocycles. The van der Waals surface area contributed by atoms with Gasteiger partial charge in [0, 0.05) is 5.70 Å². The smallest absolute Gasteiger partial charge is 0.338 e. The molecule has 6 nitrogen and oxygen atoms in total. The van der Waals surface area contributed by atoms with Crippen LogP contribution in [0.1, 0.15) is 35.8 Å². The lowest BCUT2D eigenvalue weighted by Gasteiger charge is -2.29. The predicted molar refractivity (Wildman–Crippen MR) is 88.7 cm³/mol. The molecule has 1 unspecified atom stereocenters. The van der Waals surface area contributed by atoms with Crippen molar-refractivity contribution in [2.75, 3.05) is 13.7 Å².